The van der Waals surface area contributed by atoms with Gasteiger partial charge in [-0.25, -0.2) is 17.5 Å². The summed E-state index contributed by atoms with van der Waals surface area (Å²) >= 11 is 0. The SMILES string of the molecule is CCc1c(C(=O)Nc2ccc(NS(C)(=O)=O)cc2)cnn1-c1ccc(F)cc1. The van der Waals surface area contributed by atoms with Gasteiger partial charge in [-0.05, 0) is 55.0 Å². The molecule has 1 aromatic heterocycles. The number of rotatable bonds is 6. The number of sulfonamides is 1. The first-order valence-corrected chi connectivity index (χ1v) is 10.4. The highest BCUT2D eigenvalue weighted by molar-refractivity contribution is 7.92. The van der Waals surface area contributed by atoms with E-state index in [4.69, 9.17) is 0 Å². The lowest BCUT2D eigenvalue weighted by atomic mass is 10.1. The molecule has 28 heavy (non-hydrogen) atoms. The molecule has 0 aliphatic rings. The molecule has 1 heterocycles. The van der Waals surface area contributed by atoms with Gasteiger partial charge < -0.3 is 5.32 Å². The number of amides is 1. The molecule has 3 aromatic rings. The number of anilines is 2. The van der Waals surface area contributed by atoms with Gasteiger partial charge in [0, 0.05) is 11.4 Å². The smallest absolute Gasteiger partial charge is 0.259 e. The average molecular weight is 402 g/mol. The van der Waals surface area contributed by atoms with Crippen molar-refractivity contribution in [2.24, 2.45) is 0 Å². The summed E-state index contributed by atoms with van der Waals surface area (Å²) in [6.07, 6.45) is 3.09. The van der Waals surface area contributed by atoms with Crippen LogP contribution < -0.4 is 10.0 Å². The summed E-state index contributed by atoms with van der Waals surface area (Å²) in [6.45, 7) is 1.90. The van der Waals surface area contributed by atoms with Gasteiger partial charge in [-0.15, -0.1) is 0 Å². The summed E-state index contributed by atoms with van der Waals surface area (Å²) in [5, 5.41) is 7.03. The molecule has 0 fully saturated rings. The zero-order valence-corrected chi connectivity index (χ0v) is 16.1. The van der Waals surface area contributed by atoms with Crippen molar-refractivity contribution in [3.8, 4) is 5.69 Å². The lowest BCUT2D eigenvalue weighted by Crippen LogP contribution is -2.14. The zero-order valence-electron chi connectivity index (χ0n) is 15.3. The van der Waals surface area contributed by atoms with Crippen LogP contribution in [0.15, 0.2) is 54.7 Å². The Morgan fingerprint density at radius 1 is 1.07 bits per heavy atom. The van der Waals surface area contributed by atoms with Crippen molar-refractivity contribution in [3.05, 3.63) is 71.8 Å². The summed E-state index contributed by atoms with van der Waals surface area (Å²) in [6, 6.07) is 12.2. The number of benzene rings is 2. The van der Waals surface area contributed by atoms with Crippen LogP contribution in [0.4, 0.5) is 15.8 Å². The third-order valence-corrected chi connectivity index (χ3v) is 4.57. The maximum absolute atomic E-state index is 13.1. The number of aromatic nitrogens is 2. The molecule has 1 amide bonds. The number of nitrogens with zero attached hydrogens (tertiary/aromatic N) is 2. The van der Waals surface area contributed by atoms with E-state index < -0.39 is 10.0 Å². The molecule has 0 radical (unpaired) electrons. The van der Waals surface area contributed by atoms with Gasteiger partial charge in [-0.1, -0.05) is 6.92 Å². The van der Waals surface area contributed by atoms with Crippen molar-refractivity contribution in [2.75, 3.05) is 16.3 Å². The second kappa shape index (κ2) is 7.81. The van der Waals surface area contributed by atoms with E-state index in [1.54, 1.807) is 41.1 Å². The van der Waals surface area contributed by atoms with Crippen LogP contribution in [0.3, 0.4) is 0 Å². The van der Waals surface area contributed by atoms with Crippen LogP contribution in [0.5, 0.6) is 0 Å². The number of hydrogen-bond donors (Lipinski definition) is 2. The molecule has 0 unspecified atom stereocenters. The summed E-state index contributed by atoms with van der Waals surface area (Å²) in [4.78, 5) is 12.7. The minimum atomic E-state index is -3.36. The Hall–Kier alpha value is -3.20. The van der Waals surface area contributed by atoms with Gasteiger partial charge in [0.1, 0.15) is 5.82 Å². The van der Waals surface area contributed by atoms with Crippen LogP contribution in [-0.2, 0) is 16.4 Å². The molecule has 0 bridgehead atoms. The molecular formula is C19H19FN4O3S. The highest BCUT2D eigenvalue weighted by atomic mass is 32.2. The van der Waals surface area contributed by atoms with E-state index in [1.807, 2.05) is 6.92 Å². The minimum absolute atomic E-state index is 0.339. The van der Waals surface area contributed by atoms with Gasteiger partial charge in [0.05, 0.1) is 29.4 Å². The fourth-order valence-corrected chi connectivity index (χ4v) is 3.31. The normalized spacial score (nSPS) is 11.2. The lowest BCUT2D eigenvalue weighted by molar-refractivity contribution is 0.102. The third kappa shape index (κ3) is 4.55. The van der Waals surface area contributed by atoms with Gasteiger partial charge in [-0.3, -0.25) is 9.52 Å². The fraction of sp³-hybridized carbons (Fsp3) is 0.158. The Morgan fingerprint density at radius 3 is 2.25 bits per heavy atom. The maximum atomic E-state index is 13.1. The number of halogens is 1. The van der Waals surface area contributed by atoms with Crippen LogP contribution in [0.25, 0.3) is 5.69 Å². The average Bonchev–Trinajstić information content (AvgIpc) is 3.07. The first-order valence-electron chi connectivity index (χ1n) is 8.49. The predicted octanol–water partition coefficient (Wildman–Crippen LogP) is 3.20. The molecule has 0 atom stereocenters. The molecule has 0 spiro atoms. The summed E-state index contributed by atoms with van der Waals surface area (Å²) in [7, 11) is -3.36. The molecule has 0 aliphatic carbocycles. The largest absolute Gasteiger partial charge is 0.322 e. The van der Waals surface area contributed by atoms with Crippen molar-refractivity contribution in [2.45, 2.75) is 13.3 Å². The second-order valence-corrected chi connectivity index (χ2v) is 7.90. The molecular weight excluding hydrogens is 383 g/mol. The molecule has 0 aliphatic heterocycles. The van der Waals surface area contributed by atoms with E-state index >= 15 is 0 Å². The molecule has 2 aromatic carbocycles. The van der Waals surface area contributed by atoms with Gasteiger partial charge in [0.25, 0.3) is 5.91 Å². The first-order chi connectivity index (χ1) is 13.3. The number of nitrogens with one attached hydrogen (secondary N) is 2. The summed E-state index contributed by atoms with van der Waals surface area (Å²) < 4.78 is 39.6. The molecule has 3 rings (SSSR count). The second-order valence-electron chi connectivity index (χ2n) is 6.15. The van der Waals surface area contributed by atoms with Gasteiger partial charge in [0.2, 0.25) is 10.0 Å². The Balaban J connectivity index is 1.80. The van der Waals surface area contributed by atoms with E-state index in [1.165, 1.54) is 18.3 Å². The Bertz CT molecular complexity index is 1090. The van der Waals surface area contributed by atoms with E-state index in [0.29, 0.717) is 34.7 Å². The quantitative estimate of drug-likeness (QED) is 0.662. The molecule has 0 saturated carbocycles. The topological polar surface area (TPSA) is 93.1 Å². The van der Waals surface area contributed by atoms with E-state index in [0.717, 1.165) is 6.26 Å². The molecule has 2 N–H and O–H groups in total. The number of hydrogen-bond acceptors (Lipinski definition) is 4. The highest BCUT2D eigenvalue weighted by Gasteiger charge is 2.17. The standard InChI is InChI=1S/C19H19FN4O3S/c1-3-18-17(12-21-24(18)16-10-4-13(20)5-11-16)19(25)22-14-6-8-15(9-7-14)23-28(2,26)27/h4-12,23H,3H2,1-2H3,(H,22,25). The third-order valence-electron chi connectivity index (χ3n) is 3.97. The molecule has 0 saturated heterocycles. The Kier molecular flexibility index (Phi) is 5.46. The predicted molar refractivity (Wildman–Crippen MR) is 106 cm³/mol. The lowest BCUT2D eigenvalue weighted by Gasteiger charge is -2.09. The number of carbonyl (C=O) groups excluding carboxylic acids is 1. The van der Waals surface area contributed by atoms with Crippen LogP contribution in [-0.4, -0.2) is 30.4 Å². The van der Waals surface area contributed by atoms with Crippen molar-refractivity contribution in [1.29, 1.82) is 0 Å². The monoisotopic (exact) mass is 402 g/mol. The molecule has 9 heteroatoms. The van der Waals surface area contributed by atoms with Gasteiger partial charge >= 0.3 is 0 Å². The Labute approximate surface area is 162 Å². The van der Waals surface area contributed by atoms with Crippen LogP contribution in [0.1, 0.15) is 23.0 Å². The van der Waals surface area contributed by atoms with Crippen molar-refractivity contribution < 1.29 is 17.6 Å². The van der Waals surface area contributed by atoms with Crippen molar-refractivity contribution in [1.82, 2.24) is 9.78 Å². The van der Waals surface area contributed by atoms with E-state index in [-0.39, 0.29) is 11.7 Å². The molecule has 7 nitrogen and oxygen atoms in total. The maximum Gasteiger partial charge on any atom is 0.259 e. The van der Waals surface area contributed by atoms with Crippen molar-refractivity contribution >= 4 is 27.3 Å². The summed E-state index contributed by atoms with van der Waals surface area (Å²) in [5.74, 6) is -0.685. The fourth-order valence-electron chi connectivity index (χ4n) is 2.74. The zero-order chi connectivity index (χ0) is 20.3. The van der Waals surface area contributed by atoms with E-state index in [2.05, 4.69) is 15.1 Å². The van der Waals surface area contributed by atoms with Gasteiger partial charge in [0.15, 0.2) is 0 Å². The van der Waals surface area contributed by atoms with Crippen LogP contribution in [0, 0.1) is 5.82 Å². The minimum Gasteiger partial charge on any atom is -0.322 e. The number of carbonyl (C=O) groups is 1. The van der Waals surface area contributed by atoms with Crippen LogP contribution in [0.2, 0.25) is 0 Å². The molecule has 146 valence electrons. The Morgan fingerprint density at radius 2 is 1.68 bits per heavy atom. The highest BCUT2D eigenvalue weighted by Crippen LogP contribution is 2.19. The first kappa shape index (κ1) is 19.6. The van der Waals surface area contributed by atoms with Crippen molar-refractivity contribution in [3.63, 3.8) is 0 Å². The van der Waals surface area contributed by atoms with E-state index in [9.17, 15) is 17.6 Å². The van der Waals surface area contributed by atoms with Gasteiger partial charge in [-0.2, -0.15) is 5.10 Å². The summed E-state index contributed by atoms with van der Waals surface area (Å²) in [5.41, 5.74) is 2.68. The van der Waals surface area contributed by atoms with Crippen LogP contribution >= 0.6 is 0 Å².